The summed E-state index contributed by atoms with van der Waals surface area (Å²) in [4.78, 5) is 28.6. The number of fused-ring (bicyclic) bond motifs is 1. The molecule has 0 saturated carbocycles. The molecule has 0 aliphatic heterocycles. The van der Waals surface area contributed by atoms with Crippen LogP contribution in [0.1, 0.15) is 5.56 Å². The lowest BCUT2D eigenvalue weighted by Crippen LogP contribution is -2.37. The maximum Gasteiger partial charge on any atom is 0.332 e. The molecule has 0 atom stereocenters. The number of phenols is 1. The molecule has 2 N–H and O–H groups in total. The molecule has 0 aliphatic rings. The van der Waals surface area contributed by atoms with Gasteiger partial charge >= 0.3 is 5.69 Å². The molecule has 0 spiro atoms. The topological polar surface area (TPSA) is 106 Å². The van der Waals surface area contributed by atoms with Crippen LogP contribution in [-0.4, -0.2) is 30.0 Å². The van der Waals surface area contributed by atoms with Crippen LogP contribution in [0.3, 0.4) is 0 Å². The monoisotopic (exact) mass is 484 g/mol. The third-order valence-electron chi connectivity index (χ3n) is 3.89. The molecule has 0 amide bonds. The molecule has 2 heterocycles. The quantitative estimate of drug-likeness (QED) is 0.433. The molecular formula is C15H14Br2N6O3. The van der Waals surface area contributed by atoms with Crippen molar-refractivity contribution < 1.29 is 5.11 Å². The summed E-state index contributed by atoms with van der Waals surface area (Å²) in [6.07, 6.45) is 1.53. The van der Waals surface area contributed by atoms with Gasteiger partial charge in [0.05, 0.1) is 15.2 Å². The first-order valence-corrected chi connectivity index (χ1v) is 8.90. The van der Waals surface area contributed by atoms with E-state index < -0.39 is 11.2 Å². The number of halogens is 2. The molecule has 9 nitrogen and oxygen atoms in total. The Morgan fingerprint density at radius 1 is 1.12 bits per heavy atom. The summed E-state index contributed by atoms with van der Waals surface area (Å²) in [6, 6.07) is 3.39. The number of phenolic OH excluding ortho intramolecular Hbond substituents is 1. The fourth-order valence-electron chi connectivity index (χ4n) is 2.44. The van der Waals surface area contributed by atoms with Crippen LogP contribution in [0, 0.1) is 0 Å². The van der Waals surface area contributed by atoms with Crippen molar-refractivity contribution in [3.05, 3.63) is 47.5 Å². The number of rotatable bonds is 3. The van der Waals surface area contributed by atoms with Gasteiger partial charge in [-0.15, -0.1) is 0 Å². The number of anilines is 1. The van der Waals surface area contributed by atoms with Gasteiger partial charge in [-0.25, -0.2) is 10.2 Å². The fourth-order valence-corrected chi connectivity index (χ4v) is 3.66. The summed E-state index contributed by atoms with van der Waals surface area (Å²) in [7, 11) is 4.63. The van der Waals surface area contributed by atoms with E-state index in [2.05, 4.69) is 47.4 Å². The predicted octanol–water partition coefficient (Wildman–Crippen LogP) is 1.65. The van der Waals surface area contributed by atoms with Gasteiger partial charge in [-0.1, -0.05) is 0 Å². The maximum atomic E-state index is 12.3. The summed E-state index contributed by atoms with van der Waals surface area (Å²) in [6.45, 7) is 0. The molecule has 0 aliphatic carbocycles. The Kier molecular flexibility index (Phi) is 4.76. The first kappa shape index (κ1) is 18.4. The van der Waals surface area contributed by atoms with Crippen LogP contribution in [0.5, 0.6) is 5.75 Å². The molecular weight excluding hydrogens is 472 g/mol. The molecule has 3 aromatic rings. The number of hydrogen-bond donors (Lipinski definition) is 2. The lowest BCUT2D eigenvalue weighted by Gasteiger charge is -2.03. The smallest absolute Gasteiger partial charge is 0.332 e. The van der Waals surface area contributed by atoms with Crippen LogP contribution in [0.2, 0.25) is 0 Å². The number of hydrazone groups is 1. The Balaban J connectivity index is 1.99. The molecule has 26 heavy (non-hydrogen) atoms. The van der Waals surface area contributed by atoms with E-state index in [0.29, 0.717) is 20.4 Å². The first-order valence-electron chi connectivity index (χ1n) is 7.32. The number of aromatic hydroxyl groups is 1. The zero-order chi connectivity index (χ0) is 19.2. The number of nitrogens with zero attached hydrogens (tertiary/aromatic N) is 5. The van der Waals surface area contributed by atoms with Gasteiger partial charge < -0.3 is 9.67 Å². The molecule has 0 fully saturated rings. The van der Waals surface area contributed by atoms with Gasteiger partial charge in [0, 0.05) is 21.1 Å². The van der Waals surface area contributed by atoms with Gasteiger partial charge in [-0.05, 0) is 49.6 Å². The van der Waals surface area contributed by atoms with E-state index in [9.17, 15) is 14.7 Å². The molecule has 136 valence electrons. The normalized spacial score (nSPS) is 11.6. The van der Waals surface area contributed by atoms with Crippen LogP contribution in [0.15, 0.2) is 35.8 Å². The largest absolute Gasteiger partial charge is 0.506 e. The van der Waals surface area contributed by atoms with Crippen LogP contribution in [0.4, 0.5) is 5.95 Å². The SMILES string of the molecule is Cn1c(=O)c2c(nc(N/N=C\c3cc(Br)c(O)c(Br)c3)n2C)n(C)c1=O. The molecule has 0 bridgehead atoms. The average molecular weight is 486 g/mol. The summed E-state index contributed by atoms with van der Waals surface area (Å²) < 4.78 is 4.92. The molecule has 2 aromatic heterocycles. The highest BCUT2D eigenvalue weighted by Crippen LogP contribution is 2.32. The number of aromatic nitrogens is 4. The van der Waals surface area contributed by atoms with Crippen LogP contribution < -0.4 is 16.7 Å². The van der Waals surface area contributed by atoms with Crippen molar-refractivity contribution in [3.63, 3.8) is 0 Å². The predicted molar refractivity (Wildman–Crippen MR) is 106 cm³/mol. The minimum Gasteiger partial charge on any atom is -0.506 e. The van der Waals surface area contributed by atoms with E-state index in [1.54, 1.807) is 26.2 Å². The number of hydrogen-bond acceptors (Lipinski definition) is 6. The highest BCUT2D eigenvalue weighted by atomic mass is 79.9. The molecule has 1 aromatic carbocycles. The first-order chi connectivity index (χ1) is 12.2. The Morgan fingerprint density at radius 2 is 1.73 bits per heavy atom. The van der Waals surface area contributed by atoms with E-state index in [4.69, 9.17) is 0 Å². The maximum absolute atomic E-state index is 12.3. The van der Waals surface area contributed by atoms with Crippen molar-refractivity contribution in [2.45, 2.75) is 0 Å². The van der Waals surface area contributed by atoms with Crippen molar-refractivity contribution in [2.24, 2.45) is 26.2 Å². The second-order valence-electron chi connectivity index (χ2n) is 5.58. The molecule has 3 rings (SSSR count). The van der Waals surface area contributed by atoms with E-state index >= 15 is 0 Å². The van der Waals surface area contributed by atoms with E-state index in [1.165, 1.54) is 22.4 Å². The zero-order valence-electron chi connectivity index (χ0n) is 14.0. The average Bonchev–Trinajstić information content (AvgIpc) is 2.93. The standard InChI is InChI=1S/C15H14Br2N6O3/c1-21-10-12(22(2)15(26)23(3)13(10)25)19-14(21)20-18-6-7-4-8(16)11(24)9(17)5-7/h4-6,24H,1-3H3,(H,19,20)/b18-6-. The van der Waals surface area contributed by atoms with Gasteiger partial charge in [0.2, 0.25) is 5.95 Å². The lowest BCUT2D eigenvalue weighted by molar-refractivity contribution is 0.468. The Labute approximate surface area is 163 Å². The highest BCUT2D eigenvalue weighted by molar-refractivity contribution is 9.11. The summed E-state index contributed by atoms with van der Waals surface area (Å²) in [5.74, 6) is 0.411. The molecule has 0 unspecified atom stereocenters. The Hall–Kier alpha value is -2.40. The van der Waals surface area contributed by atoms with Crippen LogP contribution in [0.25, 0.3) is 11.2 Å². The van der Waals surface area contributed by atoms with Gasteiger partial charge in [-0.3, -0.25) is 13.9 Å². The van der Waals surface area contributed by atoms with E-state index in [-0.39, 0.29) is 11.4 Å². The Morgan fingerprint density at radius 3 is 2.35 bits per heavy atom. The third kappa shape index (κ3) is 2.97. The summed E-state index contributed by atoms with van der Waals surface area (Å²) in [5, 5.41) is 13.8. The summed E-state index contributed by atoms with van der Waals surface area (Å²) in [5.41, 5.74) is 3.17. The number of aryl methyl sites for hydroxylation is 2. The number of imidazole rings is 1. The van der Waals surface area contributed by atoms with Crippen LogP contribution in [-0.2, 0) is 21.1 Å². The second kappa shape index (κ2) is 6.72. The van der Waals surface area contributed by atoms with Crippen molar-refractivity contribution in [2.75, 3.05) is 5.43 Å². The fraction of sp³-hybridized carbons (Fsp3) is 0.200. The molecule has 0 saturated heterocycles. The van der Waals surface area contributed by atoms with Gasteiger partial charge in [0.25, 0.3) is 5.56 Å². The summed E-state index contributed by atoms with van der Waals surface area (Å²) >= 11 is 6.50. The lowest BCUT2D eigenvalue weighted by atomic mass is 10.2. The minimum atomic E-state index is -0.450. The number of benzene rings is 1. The molecule has 0 radical (unpaired) electrons. The van der Waals surface area contributed by atoms with Crippen LogP contribution >= 0.6 is 31.9 Å². The van der Waals surface area contributed by atoms with Gasteiger partial charge in [0.15, 0.2) is 11.2 Å². The van der Waals surface area contributed by atoms with Crippen molar-refractivity contribution in [1.29, 1.82) is 0 Å². The van der Waals surface area contributed by atoms with Crippen molar-refractivity contribution in [1.82, 2.24) is 18.7 Å². The van der Waals surface area contributed by atoms with E-state index in [0.717, 1.165) is 10.1 Å². The minimum absolute atomic E-state index is 0.0993. The molecule has 11 heteroatoms. The Bertz CT molecular complexity index is 1150. The number of nitrogens with one attached hydrogen (secondary N) is 1. The zero-order valence-corrected chi connectivity index (χ0v) is 17.2. The second-order valence-corrected chi connectivity index (χ2v) is 7.28. The van der Waals surface area contributed by atoms with Gasteiger partial charge in [0.1, 0.15) is 5.75 Å². The van der Waals surface area contributed by atoms with Gasteiger partial charge in [-0.2, -0.15) is 10.1 Å². The highest BCUT2D eigenvalue weighted by Gasteiger charge is 2.16. The third-order valence-corrected chi connectivity index (χ3v) is 5.10. The van der Waals surface area contributed by atoms with Crippen molar-refractivity contribution >= 4 is 55.2 Å². The van der Waals surface area contributed by atoms with Crippen molar-refractivity contribution in [3.8, 4) is 5.75 Å². The van der Waals surface area contributed by atoms with E-state index in [1.807, 2.05) is 0 Å².